The van der Waals surface area contributed by atoms with E-state index in [0.29, 0.717) is 12.0 Å². The molecule has 0 aromatic rings. The van der Waals surface area contributed by atoms with Gasteiger partial charge in [-0.05, 0) is 25.7 Å². The van der Waals surface area contributed by atoms with E-state index in [9.17, 15) is 4.79 Å². The van der Waals surface area contributed by atoms with Crippen molar-refractivity contribution in [3.63, 3.8) is 0 Å². The van der Waals surface area contributed by atoms with Crippen molar-refractivity contribution in [2.75, 3.05) is 7.05 Å². The largest absolute Gasteiger partial charge is 0.319 e. The SMILES string of the molecule is CC1C2CC[C@@H](C)C[C@@]23N(C)C(=O)C(C(C)(C)C)=[N+]13. The molecule has 106 valence electrons. The van der Waals surface area contributed by atoms with Crippen LogP contribution in [0.25, 0.3) is 0 Å². The van der Waals surface area contributed by atoms with Crippen LogP contribution in [0.3, 0.4) is 0 Å². The third-order valence-corrected chi connectivity index (χ3v) is 5.66. The molecule has 1 spiro atoms. The van der Waals surface area contributed by atoms with E-state index in [1.807, 2.05) is 7.05 Å². The summed E-state index contributed by atoms with van der Waals surface area (Å²) >= 11 is 0. The van der Waals surface area contributed by atoms with Gasteiger partial charge in [0.1, 0.15) is 5.92 Å². The molecule has 2 fully saturated rings. The first kappa shape index (κ1) is 13.1. The summed E-state index contributed by atoms with van der Waals surface area (Å²) in [5, 5.41) is 0. The van der Waals surface area contributed by atoms with Crippen LogP contribution in [-0.4, -0.2) is 39.8 Å². The van der Waals surface area contributed by atoms with Crippen molar-refractivity contribution < 1.29 is 9.37 Å². The van der Waals surface area contributed by atoms with Crippen LogP contribution < -0.4 is 0 Å². The number of hydrogen-bond acceptors (Lipinski definition) is 1. The molecule has 1 saturated heterocycles. The molecule has 3 nitrogen and oxygen atoms in total. The van der Waals surface area contributed by atoms with E-state index >= 15 is 0 Å². The van der Waals surface area contributed by atoms with Gasteiger partial charge in [-0.3, -0.25) is 9.69 Å². The first-order valence-electron chi connectivity index (χ1n) is 7.66. The number of amides is 1. The van der Waals surface area contributed by atoms with Crippen LogP contribution in [-0.2, 0) is 4.79 Å². The van der Waals surface area contributed by atoms with Gasteiger partial charge in [-0.15, -0.1) is 0 Å². The summed E-state index contributed by atoms with van der Waals surface area (Å²) < 4.78 is 2.47. The van der Waals surface area contributed by atoms with Gasteiger partial charge >= 0.3 is 5.91 Å². The molecule has 0 aromatic carbocycles. The molecule has 2 unspecified atom stereocenters. The van der Waals surface area contributed by atoms with Crippen molar-refractivity contribution >= 4 is 11.6 Å². The zero-order valence-electron chi connectivity index (χ0n) is 13.2. The fourth-order valence-electron chi connectivity index (χ4n) is 4.88. The van der Waals surface area contributed by atoms with E-state index in [1.165, 1.54) is 12.8 Å². The lowest BCUT2D eigenvalue weighted by atomic mass is 9.64. The predicted molar refractivity (Wildman–Crippen MR) is 76.2 cm³/mol. The number of hydrogen-bond donors (Lipinski definition) is 0. The Morgan fingerprint density at radius 1 is 1.26 bits per heavy atom. The predicted octanol–water partition coefficient (Wildman–Crippen LogP) is 2.49. The first-order chi connectivity index (χ1) is 8.71. The van der Waals surface area contributed by atoms with Gasteiger partial charge in [-0.1, -0.05) is 27.7 Å². The van der Waals surface area contributed by atoms with Crippen LogP contribution in [0.1, 0.15) is 53.9 Å². The minimum Gasteiger partial charge on any atom is -0.276 e. The third-order valence-electron chi connectivity index (χ3n) is 5.66. The molecule has 4 atom stereocenters. The Balaban J connectivity index is 2.15. The Morgan fingerprint density at radius 2 is 1.89 bits per heavy atom. The monoisotopic (exact) mass is 263 g/mol. The molecule has 1 amide bonds. The normalized spacial score (nSPS) is 42.1. The van der Waals surface area contributed by atoms with Crippen LogP contribution in [0, 0.1) is 17.3 Å². The number of carbonyl (C=O) groups is 1. The van der Waals surface area contributed by atoms with Crippen molar-refractivity contribution in [3.05, 3.63) is 0 Å². The van der Waals surface area contributed by atoms with E-state index in [0.717, 1.165) is 18.1 Å². The van der Waals surface area contributed by atoms with E-state index in [-0.39, 0.29) is 17.0 Å². The van der Waals surface area contributed by atoms with Gasteiger partial charge in [0, 0.05) is 13.5 Å². The average Bonchev–Trinajstić information content (AvgIpc) is 2.47. The van der Waals surface area contributed by atoms with Crippen molar-refractivity contribution in [2.24, 2.45) is 17.3 Å². The maximum atomic E-state index is 12.8. The van der Waals surface area contributed by atoms with E-state index in [4.69, 9.17) is 0 Å². The lowest BCUT2D eigenvalue weighted by molar-refractivity contribution is -0.745. The number of carbonyl (C=O) groups excluding carboxylic acids is 1. The summed E-state index contributed by atoms with van der Waals surface area (Å²) in [5.41, 5.74) is 0.985. The van der Waals surface area contributed by atoms with Gasteiger partial charge in [0.25, 0.3) is 5.66 Å². The minimum atomic E-state index is -0.0608. The van der Waals surface area contributed by atoms with Crippen molar-refractivity contribution in [1.29, 1.82) is 0 Å². The second kappa shape index (κ2) is 3.62. The van der Waals surface area contributed by atoms with Crippen LogP contribution >= 0.6 is 0 Å². The lowest BCUT2D eigenvalue weighted by Gasteiger charge is -2.54. The smallest absolute Gasteiger partial charge is 0.276 e. The van der Waals surface area contributed by atoms with Gasteiger partial charge in [0.2, 0.25) is 5.71 Å². The molecule has 3 rings (SSSR count). The van der Waals surface area contributed by atoms with Gasteiger partial charge < -0.3 is 0 Å². The van der Waals surface area contributed by atoms with Crippen LogP contribution in [0.2, 0.25) is 0 Å². The summed E-state index contributed by atoms with van der Waals surface area (Å²) in [5.74, 6) is 1.65. The summed E-state index contributed by atoms with van der Waals surface area (Å²) in [6.07, 6.45) is 3.73. The Bertz CT molecular complexity index is 474. The third kappa shape index (κ3) is 1.39. The fourth-order valence-corrected chi connectivity index (χ4v) is 4.88. The average molecular weight is 263 g/mol. The van der Waals surface area contributed by atoms with Crippen LogP contribution in [0.5, 0.6) is 0 Å². The van der Waals surface area contributed by atoms with Gasteiger partial charge in [-0.2, -0.15) is 0 Å². The zero-order valence-corrected chi connectivity index (χ0v) is 13.2. The Kier molecular flexibility index (Phi) is 2.50. The standard InChI is InChI=1S/C16H27N2O/c1-10-7-8-12-11(2)18-13(15(3,4)5)14(19)17(6)16(12,18)9-10/h10-12H,7-9H2,1-6H3/q+1/t10-,11?,12?,16+/m1/s1. The van der Waals surface area contributed by atoms with E-state index < -0.39 is 0 Å². The van der Waals surface area contributed by atoms with E-state index in [2.05, 4.69) is 44.1 Å². The molecule has 3 aliphatic rings. The topological polar surface area (TPSA) is 23.3 Å². The highest BCUT2D eigenvalue weighted by Crippen LogP contribution is 2.55. The van der Waals surface area contributed by atoms with Gasteiger partial charge in [0.05, 0.1) is 5.41 Å². The molecule has 0 N–H and O–H groups in total. The molecule has 19 heavy (non-hydrogen) atoms. The zero-order chi connectivity index (χ0) is 14.2. The van der Waals surface area contributed by atoms with E-state index in [1.54, 1.807) is 0 Å². The molecule has 1 aliphatic carbocycles. The van der Waals surface area contributed by atoms with Gasteiger partial charge in [0.15, 0.2) is 6.04 Å². The molecule has 2 aliphatic heterocycles. The molecular formula is C16H27N2O+. The Hall–Kier alpha value is -0.860. The maximum Gasteiger partial charge on any atom is 0.319 e. The van der Waals surface area contributed by atoms with Crippen LogP contribution in [0.15, 0.2) is 0 Å². The summed E-state index contributed by atoms with van der Waals surface area (Å²) in [7, 11) is 2.02. The van der Waals surface area contributed by atoms with Crippen molar-refractivity contribution in [2.45, 2.75) is 65.6 Å². The quantitative estimate of drug-likeness (QED) is 0.616. The highest BCUT2D eigenvalue weighted by molar-refractivity contribution is 6.39. The Labute approximate surface area is 116 Å². The second-order valence-electron chi connectivity index (χ2n) is 7.95. The summed E-state index contributed by atoms with van der Waals surface area (Å²) in [4.78, 5) is 14.8. The molecule has 0 bridgehead atoms. The molecular weight excluding hydrogens is 236 g/mol. The molecule has 3 heteroatoms. The van der Waals surface area contributed by atoms with Crippen molar-refractivity contribution in [1.82, 2.24) is 4.90 Å². The molecule has 2 heterocycles. The lowest BCUT2D eigenvalue weighted by Crippen LogP contribution is -2.73. The van der Waals surface area contributed by atoms with Gasteiger partial charge in [-0.25, -0.2) is 4.58 Å². The highest BCUT2D eigenvalue weighted by atomic mass is 16.2. The number of nitrogens with zero attached hydrogens (tertiary/aromatic N) is 2. The number of rotatable bonds is 0. The summed E-state index contributed by atoms with van der Waals surface area (Å²) in [6.45, 7) is 11.1. The highest BCUT2D eigenvalue weighted by Gasteiger charge is 2.75. The second-order valence-corrected chi connectivity index (χ2v) is 7.95. The fraction of sp³-hybridized carbons (Fsp3) is 0.875. The molecule has 0 aromatic heterocycles. The molecule has 0 radical (unpaired) electrons. The van der Waals surface area contributed by atoms with Crippen LogP contribution in [0.4, 0.5) is 0 Å². The molecule has 1 saturated carbocycles. The first-order valence-corrected chi connectivity index (χ1v) is 7.66. The van der Waals surface area contributed by atoms with Crippen molar-refractivity contribution in [3.8, 4) is 0 Å². The Morgan fingerprint density at radius 3 is 2.47 bits per heavy atom. The maximum absolute atomic E-state index is 12.8. The minimum absolute atomic E-state index is 0.0107. The summed E-state index contributed by atoms with van der Waals surface area (Å²) in [6, 6.07) is 0.524.